The molecule has 7 nitrogen and oxygen atoms in total. The highest BCUT2D eigenvalue weighted by molar-refractivity contribution is 7.99. The fourth-order valence-electron chi connectivity index (χ4n) is 3.47. The molecule has 0 radical (unpaired) electrons. The van der Waals surface area contributed by atoms with Gasteiger partial charge in [0.15, 0.2) is 11.6 Å². The minimum atomic E-state index is -1.09. The number of aromatic nitrogens is 4. The number of amides is 1. The van der Waals surface area contributed by atoms with Crippen molar-refractivity contribution < 1.29 is 13.6 Å². The highest BCUT2D eigenvalue weighted by Crippen LogP contribution is 2.42. The van der Waals surface area contributed by atoms with Gasteiger partial charge in [-0.2, -0.15) is 15.5 Å². The van der Waals surface area contributed by atoms with Crippen LogP contribution in [0.15, 0.2) is 35.5 Å². The molecule has 2 atom stereocenters. The maximum absolute atomic E-state index is 15.0. The Morgan fingerprint density at radius 3 is 3.03 bits per heavy atom. The second-order valence-electron chi connectivity index (χ2n) is 7.10. The molecule has 1 aliphatic carbocycles. The minimum absolute atomic E-state index is 0.0704. The van der Waals surface area contributed by atoms with Gasteiger partial charge in [0.25, 0.3) is 0 Å². The number of fused-ring (bicyclic) bond motifs is 2. The Kier molecular flexibility index (Phi) is 4.79. The molecule has 3 heterocycles. The number of aromatic amines is 1. The van der Waals surface area contributed by atoms with Gasteiger partial charge in [0.1, 0.15) is 6.17 Å². The zero-order valence-corrected chi connectivity index (χ0v) is 17.3. The predicted molar refractivity (Wildman–Crippen MR) is 113 cm³/mol. The van der Waals surface area contributed by atoms with Crippen LogP contribution in [0.5, 0.6) is 0 Å². The third kappa shape index (κ3) is 3.40. The average Bonchev–Trinajstić information content (AvgIpc) is 3.12. The summed E-state index contributed by atoms with van der Waals surface area (Å²) in [6.07, 6.45) is 2.36. The third-order valence-corrected chi connectivity index (χ3v) is 6.38. The smallest absolute Gasteiger partial charge is 0.231 e. The number of pyridine rings is 1. The molecule has 0 unspecified atom stereocenters. The molecule has 156 valence electrons. The summed E-state index contributed by atoms with van der Waals surface area (Å²) in [5.74, 6) is -1.27. The number of hydrogen-bond acceptors (Lipinski definition) is 5. The van der Waals surface area contributed by atoms with Gasteiger partial charge in [0.2, 0.25) is 5.91 Å². The molecule has 4 aromatic rings. The third-order valence-electron chi connectivity index (χ3n) is 5.08. The Balaban J connectivity index is 1.56. The van der Waals surface area contributed by atoms with Crippen LogP contribution in [0.1, 0.15) is 6.42 Å². The average molecular weight is 459 g/mol. The molecule has 31 heavy (non-hydrogen) atoms. The number of anilines is 1. The van der Waals surface area contributed by atoms with Crippen molar-refractivity contribution in [3.05, 3.63) is 41.4 Å². The van der Waals surface area contributed by atoms with Gasteiger partial charge in [0, 0.05) is 23.2 Å². The molecule has 0 bridgehead atoms. The van der Waals surface area contributed by atoms with Crippen LogP contribution in [0.25, 0.3) is 27.5 Å². The zero-order valence-electron chi connectivity index (χ0n) is 15.7. The van der Waals surface area contributed by atoms with Gasteiger partial charge in [-0.1, -0.05) is 11.6 Å². The standard InChI is InChI=1S/C20H13ClF2N6OS/c21-16-15(12-8-25-27-18(12)19(17(16)23)31-4-2-24)9-1-3-29-10(5-9)6-14(28-29)26-20(30)11-7-13(11)22/h1,3,5-6,8,11,13H,4,7H2,(H,25,27)(H,26,28,30)/t11-,13+/m1/s1. The number of H-pyrrole nitrogens is 1. The van der Waals surface area contributed by atoms with Crippen molar-refractivity contribution in [3.63, 3.8) is 0 Å². The molecule has 3 aromatic heterocycles. The van der Waals surface area contributed by atoms with Crippen molar-refractivity contribution in [1.29, 1.82) is 5.26 Å². The van der Waals surface area contributed by atoms with Crippen LogP contribution in [-0.4, -0.2) is 37.6 Å². The Bertz CT molecular complexity index is 1390. The minimum Gasteiger partial charge on any atom is -0.309 e. The van der Waals surface area contributed by atoms with Crippen LogP contribution >= 0.6 is 23.4 Å². The summed E-state index contributed by atoms with van der Waals surface area (Å²) in [6.45, 7) is 0. The van der Waals surface area contributed by atoms with Crippen molar-refractivity contribution in [3.8, 4) is 17.2 Å². The SMILES string of the molecule is N#CCSc1c(F)c(Cl)c(-c2ccn3nc(NC(=O)[C@@H]4C[C@@H]4F)cc3c2)c2cn[nH]c12. The number of halogens is 3. The number of carbonyl (C=O) groups is 1. The molecule has 1 saturated carbocycles. The van der Waals surface area contributed by atoms with Gasteiger partial charge in [0.05, 0.1) is 44.9 Å². The van der Waals surface area contributed by atoms with Crippen LogP contribution < -0.4 is 5.32 Å². The monoisotopic (exact) mass is 458 g/mol. The molecule has 1 aliphatic rings. The van der Waals surface area contributed by atoms with Gasteiger partial charge < -0.3 is 5.32 Å². The van der Waals surface area contributed by atoms with Gasteiger partial charge in [-0.05, 0) is 24.1 Å². The molecular formula is C20H13ClF2N6OS. The lowest BCUT2D eigenvalue weighted by Gasteiger charge is -2.11. The fourth-order valence-corrected chi connectivity index (χ4v) is 4.57. The second-order valence-corrected chi connectivity index (χ2v) is 8.46. The normalized spacial score (nSPS) is 17.7. The van der Waals surface area contributed by atoms with Crippen LogP contribution in [0.2, 0.25) is 5.02 Å². The lowest BCUT2D eigenvalue weighted by atomic mass is 10.0. The number of nitriles is 1. The predicted octanol–water partition coefficient (Wildman–Crippen LogP) is 4.58. The van der Waals surface area contributed by atoms with Crippen molar-refractivity contribution >= 4 is 51.5 Å². The maximum Gasteiger partial charge on any atom is 0.231 e. The van der Waals surface area contributed by atoms with Crippen LogP contribution in [0.4, 0.5) is 14.6 Å². The van der Waals surface area contributed by atoms with Crippen LogP contribution in [0, 0.1) is 23.1 Å². The van der Waals surface area contributed by atoms with Gasteiger partial charge >= 0.3 is 0 Å². The molecule has 0 aliphatic heterocycles. The Labute approximate surface area is 183 Å². The van der Waals surface area contributed by atoms with Crippen LogP contribution in [-0.2, 0) is 4.79 Å². The number of benzene rings is 1. The van der Waals surface area contributed by atoms with E-state index in [9.17, 15) is 9.18 Å². The van der Waals surface area contributed by atoms with E-state index in [0.717, 1.165) is 11.8 Å². The summed E-state index contributed by atoms with van der Waals surface area (Å²) in [6, 6.07) is 7.10. The summed E-state index contributed by atoms with van der Waals surface area (Å²) in [4.78, 5) is 12.2. The summed E-state index contributed by atoms with van der Waals surface area (Å²) in [5.41, 5.74) is 2.18. The van der Waals surface area contributed by atoms with Gasteiger partial charge in [-0.15, -0.1) is 11.8 Å². The van der Waals surface area contributed by atoms with E-state index in [2.05, 4.69) is 20.6 Å². The molecule has 1 amide bonds. The summed E-state index contributed by atoms with van der Waals surface area (Å²) in [5, 5.41) is 23.1. The molecule has 11 heteroatoms. The van der Waals surface area contributed by atoms with E-state index in [-0.39, 0.29) is 22.1 Å². The summed E-state index contributed by atoms with van der Waals surface area (Å²) in [7, 11) is 0. The highest BCUT2D eigenvalue weighted by Gasteiger charge is 2.43. The first kappa shape index (κ1) is 19.8. The lowest BCUT2D eigenvalue weighted by Crippen LogP contribution is -2.15. The largest absolute Gasteiger partial charge is 0.309 e. The number of nitrogens with zero attached hydrogens (tertiary/aromatic N) is 4. The summed E-state index contributed by atoms with van der Waals surface area (Å²) < 4.78 is 29.7. The van der Waals surface area contributed by atoms with Crippen molar-refractivity contribution in [2.45, 2.75) is 17.5 Å². The van der Waals surface area contributed by atoms with E-state index < -0.39 is 23.8 Å². The van der Waals surface area contributed by atoms with E-state index in [1.807, 2.05) is 6.07 Å². The Morgan fingerprint density at radius 1 is 1.48 bits per heavy atom. The van der Waals surface area contributed by atoms with E-state index in [4.69, 9.17) is 16.9 Å². The molecular weight excluding hydrogens is 446 g/mol. The molecule has 5 rings (SSSR count). The molecule has 0 spiro atoms. The van der Waals surface area contributed by atoms with E-state index >= 15 is 4.39 Å². The Morgan fingerprint density at radius 2 is 2.29 bits per heavy atom. The number of alkyl halides is 1. The van der Waals surface area contributed by atoms with E-state index in [0.29, 0.717) is 33.4 Å². The van der Waals surface area contributed by atoms with Crippen LogP contribution in [0.3, 0.4) is 0 Å². The second kappa shape index (κ2) is 7.51. The van der Waals surface area contributed by atoms with Crippen molar-refractivity contribution in [2.75, 3.05) is 11.1 Å². The van der Waals surface area contributed by atoms with E-state index in [1.165, 1.54) is 0 Å². The zero-order chi connectivity index (χ0) is 21.7. The molecule has 0 saturated heterocycles. The molecule has 1 fully saturated rings. The maximum atomic E-state index is 15.0. The number of nitrogens with one attached hydrogen (secondary N) is 2. The Hall–Kier alpha value is -3.16. The van der Waals surface area contributed by atoms with E-state index in [1.54, 1.807) is 35.1 Å². The van der Waals surface area contributed by atoms with Crippen molar-refractivity contribution in [2.24, 2.45) is 5.92 Å². The quantitative estimate of drug-likeness (QED) is 0.426. The topological polar surface area (TPSA) is 98.9 Å². The number of thioether (sulfide) groups is 1. The lowest BCUT2D eigenvalue weighted by molar-refractivity contribution is -0.117. The number of carbonyl (C=O) groups excluding carboxylic acids is 1. The van der Waals surface area contributed by atoms with Gasteiger partial charge in [-0.3, -0.25) is 9.89 Å². The van der Waals surface area contributed by atoms with Crippen molar-refractivity contribution in [1.82, 2.24) is 19.8 Å². The first-order valence-electron chi connectivity index (χ1n) is 9.26. The summed E-state index contributed by atoms with van der Waals surface area (Å²) >= 11 is 7.45. The number of rotatable bonds is 5. The first-order valence-corrected chi connectivity index (χ1v) is 10.6. The van der Waals surface area contributed by atoms with Gasteiger partial charge in [-0.25, -0.2) is 13.3 Å². The first-order chi connectivity index (χ1) is 15.0. The number of hydrogen-bond donors (Lipinski definition) is 2. The highest BCUT2D eigenvalue weighted by atomic mass is 35.5. The molecule has 2 N–H and O–H groups in total. The molecule has 1 aromatic carbocycles. The fraction of sp³-hybridized carbons (Fsp3) is 0.200.